The summed E-state index contributed by atoms with van der Waals surface area (Å²) in [5.41, 5.74) is 1.81. The van der Waals surface area contributed by atoms with E-state index in [1.54, 1.807) is 0 Å². The van der Waals surface area contributed by atoms with Crippen LogP contribution in [0.5, 0.6) is 0 Å². The highest BCUT2D eigenvalue weighted by atomic mass is 15.5. The van der Waals surface area contributed by atoms with E-state index >= 15 is 0 Å². The number of nitrogens with zero attached hydrogens (tertiary/aromatic N) is 2. The highest BCUT2D eigenvalue weighted by molar-refractivity contribution is 5.24. The number of allylic oxidation sites excluding steroid dienone is 1. The second-order valence-corrected chi connectivity index (χ2v) is 9.06. The van der Waals surface area contributed by atoms with Gasteiger partial charge in [-0.1, -0.05) is 54.9 Å². The van der Waals surface area contributed by atoms with E-state index in [0.717, 1.165) is 6.42 Å². The molecule has 0 fully saturated rings. The molecule has 0 heterocycles. The summed E-state index contributed by atoms with van der Waals surface area (Å²) >= 11 is 0. The average molecular weight is 309 g/mol. The van der Waals surface area contributed by atoms with Crippen LogP contribution in [-0.2, 0) is 0 Å². The van der Waals surface area contributed by atoms with Gasteiger partial charge in [-0.2, -0.15) is 5.10 Å². The summed E-state index contributed by atoms with van der Waals surface area (Å²) in [5, 5.41) is 6.40. The van der Waals surface area contributed by atoms with E-state index in [1.807, 2.05) is 0 Å². The van der Waals surface area contributed by atoms with Gasteiger partial charge in [0, 0.05) is 12.9 Å². The molecule has 0 aliphatic heterocycles. The predicted molar refractivity (Wildman–Crippen MR) is 101 cm³/mol. The third-order valence-corrected chi connectivity index (χ3v) is 5.48. The Labute approximate surface area is 140 Å². The Morgan fingerprint density at radius 2 is 1.64 bits per heavy atom. The van der Waals surface area contributed by atoms with Crippen LogP contribution in [0.1, 0.15) is 88.5 Å². The Morgan fingerprint density at radius 1 is 1.14 bits per heavy atom. The first-order chi connectivity index (χ1) is 9.80. The second-order valence-electron chi connectivity index (χ2n) is 9.06. The Hall–Kier alpha value is -0.790. The Morgan fingerprint density at radius 3 is 2.00 bits per heavy atom. The molecule has 130 valence electrons. The lowest BCUT2D eigenvalue weighted by atomic mass is 9.72. The van der Waals surface area contributed by atoms with Crippen molar-refractivity contribution in [3.05, 3.63) is 11.8 Å². The molecule has 0 aliphatic rings. The summed E-state index contributed by atoms with van der Waals surface area (Å²) in [5.74, 6) is 0.639. The number of rotatable bonds is 9. The minimum Gasteiger partial charge on any atom is -0.268 e. The van der Waals surface area contributed by atoms with Crippen LogP contribution >= 0.6 is 0 Å². The molecule has 0 N–H and O–H groups in total. The summed E-state index contributed by atoms with van der Waals surface area (Å²) in [6, 6.07) is 0. The van der Waals surface area contributed by atoms with Gasteiger partial charge in [-0.3, -0.25) is 5.01 Å². The standard InChI is InChI=1S/C20H40N2/c1-12-13-18(5,6)17(4)14-22(21-11)20(9,10)15-19(7,8)16(2)3/h14,16H,11-13,15H2,1-10H3/b17-14+. The number of hydrazone groups is 1. The molecule has 0 saturated heterocycles. The molecule has 2 nitrogen and oxygen atoms in total. The zero-order valence-corrected chi connectivity index (χ0v) is 16.9. The van der Waals surface area contributed by atoms with Crippen molar-refractivity contribution < 1.29 is 0 Å². The van der Waals surface area contributed by atoms with Crippen LogP contribution in [0.4, 0.5) is 0 Å². The van der Waals surface area contributed by atoms with Crippen molar-refractivity contribution in [2.45, 2.75) is 94.0 Å². The van der Waals surface area contributed by atoms with Crippen LogP contribution in [-0.4, -0.2) is 17.3 Å². The van der Waals surface area contributed by atoms with E-state index < -0.39 is 0 Å². The van der Waals surface area contributed by atoms with Gasteiger partial charge in [0.1, 0.15) is 0 Å². The summed E-state index contributed by atoms with van der Waals surface area (Å²) in [6.45, 7) is 26.7. The number of hydrogen-bond donors (Lipinski definition) is 0. The fourth-order valence-electron chi connectivity index (χ4n) is 2.99. The smallest absolute Gasteiger partial charge is 0.0576 e. The third-order valence-electron chi connectivity index (χ3n) is 5.48. The molecule has 0 rings (SSSR count). The topological polar surface area (TPSA) is 15.6 Å². The Kier molecular flexibility index (Phi) is 7.38. The van der Waals surface area contributed by atoms with Crippen molar-refractivity contribution in [3.63, 3.8) is 0 Å². The molecule has 0 atom stereocenters. The van der Waals surface area contributed by atoms with Crippen molar-refractivity contribution in [1.29, 1.82) is 0 Å². The molecule has 0 amide bonds. The summed E-state index contributed by atoms with van der Waals surface area (Å²) < 4.78 is 0. The molecule has 0 saturated carbocycles. The van der Waals surface area contributed by atoms with E-state index in [1.165, 1.54) is 18.4 Å². The SMILES string of the molecule is C=NN(/C=C(\C)C(C)(C)CCC)C(C)(C)CC(C)(C)C(C)C. The minimum absolute atomic E-state index is 0.0426. The van der Waals surface area contributed by atoms with Gasteiger partial charge in [0.15, 0.2) is 0 Å². The average Bonchev–Trinajstić information content (AvgIpc) is 2.33. The second kappa shape index (κ2) is 7.66. The maximum Gasteiger partial charge on any atom is 0.0576 e. The molecule has 22 heavy (non-hydrogen) atoms. The van der Waals surface area contributed by atoms with Crippen LogP contribution in [0, 0.1) is 16.7 Å². The Balaban J connectivity index is 5.37. The summed E-state index contributed by atoms with van der Waals surface area (Å²) in [6.07, 6.45) is 5.68. The lowest BCUT2D eigenvalue weighted by molar-refractivity contribution is 0.0902. The zero-order valence-electron chi connectivity index (χ0n) is 16.9. The molecular weight excluding hydrogens is 268 g/mol. The van der Waals surface area contributed by atoms with Gasteiger partial charge >= 0.3 is 0 Å². The van der Waals surface area contributed by atoms with Gasteiger partial charge in [0.05, 0.1) is 5.54 Å². The fraction of sp³-hybridized carbons (Fsp3) is 0.850. The molecule has 0 unspecified atom stereocenters. The van der Waals surface area contributed by atoms with Crippen LogP contribution < -0.4 is 0 Å². The predicted octanol–water partition coefficient (Wildman–Crippen LogP) is 6.49. The monoisotopic (exact) mass is 308 g/mol. The number of hydrogen-bond acceptors (Lipinski definition) is 2. The molecule has 0 aromatic rings. The molecule has 0 spiro atoms. The van der Waals surface area contributed by atoms with Gasteiger partial charge in [0.2, 0.25) is 0 Å². The van der Waals surface area contributed by atoms with E-state index in [9.17, 15) is 0 Å². The normalized spacial score (nSPS) is 14.4. The Bertz CT molecular complexity index is 387. The molecule has 0 radical (unpaired) electrons. The zero-order chi connectivity index (χ0) is 17.8. The van der Waals surface area contributed by atoms with Crippen LogP contribution in [0.3, 0.4) is 0 Å². The first-order valence-electron chi connectivity index (χ1n) is 8.75. The van der Waals surface area contributed by atoms with Crippen molar-refractivity contribution in [2.24, 2.45) is 21.8 Å². The van der Waals surface area contributed by atoms with Crippen LogP contribution in [0.15, 0.2) is 16.9 Å². The quantitative estimate of drug-likeness (QED) is 0.351. The van der Waals surface area contributed by atoms with E-state index in [-0.39, 0.29) is 16.4 Å². The lowest BCUT2D eigenvalue weighted by Crippen LogP contribution is -2.42. The van der Waals surface area contributed by atoms with Crippen molar-refractivity contribution in [1.82, 2.24) is 5.01 Å². The van der Waals surface area contributed by atoms with Crippen molar-refractivity contribution in [3.8, 4) is 0 Å². The molecule has 0 aliphatic carbocycles. The molecule has 2 heteroatoms. The highest BCUT2D eigenvalue weighted by Gasteiger charge is 2.35. The molecule has 0 aromatic heterocycles. The maximum absolute atomic E-state index is 4.32. The lowest BCUT2D eigenvalue weighted by Gasteiger charge is -2.42. The van der Waals surface area contributed by atoms with Gasteiger partial charge in [-0.05, 0) is 55.9 Å². The molecule has 0 bridgehead atoms. The van der Waals surface area contributed by atoms with Gasteiger partial charge in [0.25, 0.3) is 0 Å². The van der Waals surface area contributed by atoms with E-state index in [0.29, 0.717) is 5.92 Å². The van der Waals surface area contributed by atoms with E-state index in [4.69, 9.17) is 0 Å². The van der Waals surface area contributed by atoms with Gasteiger partial charge in [-0.25, -0.2) is 0 Å². The molecule has 0 aromatic carbocycles. The first-order valence-corrected chi connectivity index (χ1v) is 8.75. The summed E-state index contributed by atoms with van der Waals surface area (Å²) in [7, 11) is 0. The van der Waals surface area contributed by atoms with E-state index in [2.05, 4.69) is 92.3 Å². The van der Waals surface area contributed by atoms with Gasteiger partial charge in [-0.15, -0.1) is 0 Å². The summed E-state index contributed by atoms with van der Waals surface area (Å²) in [4.78, 5) is 0. The largest absolute Gasteiger partial charge is 0.268 e. The van der Waals surface area contributed by atoms with Crippen molar-refractivity contribution >= 4 is 6.72 Å². The fourth-order valence-corrected chi connectivity index (χ4v) is 2.99. The van der Waals surface area contributed by atoms with Crippen molar-refractivity contribution in [2.75, 3.05) is 0 Å². The first kappa shape index (κ1) is 21.2. The van der Waals surface area contributed by atoms with Crippen LogP contribution in [0.25, 0.3) is 0 Å². The minimum atomic E-state index is -0.0426. The molecular formula is C20H40N2. The third kappa shape index (κ3) is 5.78. The van der Waals surface area contributed by atoms with Crippen LogP contribution in [0.2, 0.25) is 0 Å². The maximum atomic E-state index is 4.32. The highest BCUT2D eigenvalue weighted by Crippen LogP contribution is 2.39. The van der Waals surface area contributed by atoms with Gasteiger partial charge < -0.3 is 0 Å².